The molecule has 1 fully saturated rings. The lowest BCUT2D eigenvalue weighted by atomic mass is 9.79. The van der Waals surface area contributed by atoms with Crippen LogP contribution in [-0.2, 0) is 4.79 Å². The molecule has 0 aliphatic carbocycles. The lowest BCUT2D eigenvalue weighted by Crippen LogP contribution is -2.45. The number of nitrogens with zero attached hydrogens (tertiary/aromatic N) is 3. The second-order valence-corrected chi connectivity index (χ2v) is 8.38. The third kappa shape index (κ3) is 3.37. The van der Waals surface area contributed by atoms with Crippen LogP contribution in [0.4, 0.5) is 15.9 Å². The number of halogens is 2. The van der Waals surface area contributed by atoms with Crippen LogP contribution in [0.15, 0.2) is 35.2 Å². The normalized spacial score (nSPS) is 16.4. The van der Waals surface area contributed by atoms with Crippen molar-refractivity contribution in [3.63, 3.8) is 0 Å². The highest BCUT2D eigenvalue weighted by atomic mass is 79.9. The van der Waals surface area contributed by atoms with Crippen molar-refractivity contribution in [1.29, 1.82) is 0 Å². The highest BCUT2D eigenvalue weighted by molar-refractivity contribution is 9.10. The number of fused-ring (bicyclic) bond motifs is 1. The van der Waals surface area contributed by atoms with Crippen LogP contribution in [-0.4, -0.2) is 33.9 Å². The number of amides is 1. The summed E-state index contributed by atoms with van der Waals surface area (Å²) in [6, 6.07) is 4.49. The molecule has 146 valence electrons. The van der Waals surface area contributed by atoms with E-state index in [1.807, 2.05) is 20.0 Å². The van der Waals surface area contributed by atoms with Crippen LogP contribution in [0.5, 0.6) is 0 Å². The van der Waals surface area contributed by atoms with E-state index in [0.29, 0.717) is 23.0 Å². The van der Waals surface area contributed by atoms with E-state index in [2.05, 4.69) is 41.1 Å². The van der Waals surface area contributed by atoms with E-state index < -0.39 is 5.41 Å². The summed E-state index contributed by atoms with van der Waals surface area (Å²) in [5.74, 6) is 0.513. The number of aromatic nitrogens is 3. The number of carbonyl (C=O) groups is 1. The smallest absolute Gasteiger partial charge is 0.230 e. The van der Waals surface area contributed by atoms with Crippen molar-refractivity contribution in [2.75, 3.05) is 23.3 Å². The van der Waals surface area contributed by atoms with Gasteiger partial charge in [0.05, 0.1) is 15.3 Å². The third-order valence-corrected chi connectivity index (χ3v) is 6.15. The molecule has 0 radical (unpaired) electrons. The van der Waals surface area contributed by atoms with Crippen molar-refractivity contribution >= 4 is 44.4 Å². The van der Waals surface area contributed by atoms with Gasteiger partial charge >= 0.3 is 0 Å². The molecule has 0 atom stereocenters. The molecule has 2 aromatic heterocycles. The Kier molecular flexibility index (Phi) is 4.82. The molecule has 3 aromatic rings. The Morgan fingerprint density at radius 3 is 2.79 bits per heavy atom. The van der Waals surface area contributed by atoms with E-state index in [1.54, 1.807) is 18.5 Å². The van der Waals surface area contributed by atoms with Crippen molar-refractivity contribution in [3.8, 4) is 0 Å². The van der Waals surface area contributed by atoms with Crippen LogP contribution in [0.25, 0.3) is 11.0 Å². The van der Waals surface area contributed by atoms with Gasteiger partial charge in [0.1, 0.15) is 23.6 Å². The van der Waals surface area contributed by atoms with Crippen molar-refractivity contribution in [3.05, 3.63) is 46.6 Å². The van der Waals surface area contributed by atoms with Gasteiger partial charge in [-0.3, -0.25) is 4.79 Å². The van der Waals surface area contributed by atoms with Gasteiger partial charge in [-0.25, -0.2) is 14.4 Å². The molecule has 1 amide bonds. The molecule has 1 aliphatic heterocycles. The largest absolute Gasteiger partial charge is 0.356 e. The summed E-state index contributed by atoms with van der Waals surface area (Å²) in [6.07, 6.45) is 4.91. The molecule has 0 unspecified atom stereocenters. The van der Waals surface area contributed by atoms with Gasteiger partial charge in [-0.1, -0.05) is 6.92 Å². The molecule has 2 N–H and O–H groups in total. The van der Waals surface area contributed by atoms with Crippen LogP contribution in [0.1, 0.15) is 25.3 Å². The lowest BCUT2D eigenvalue weighted by molar-refractivity contribution is -0.125. The maximum Gasteiger partial charge on any atom is 0.230 e. The summed E-state index contributed by atoms with van der Waals surface area (Å²) >= 11 is 3.15. The Morgan fingerprint density at radius 1 is 1.32 bits per heavy atom. The highest BCUT2D eigenvalue weighted by Crippen LogP contribution is 2.36. The summed E-state index contributed by atoms with van der Waals surface area (Å²) in [6.45, 7) is 5.48. The Morgan fingerprint density at radius 2 is 2.07 bits per heavy atom. The van der Waals surface area contributed by atoms with E-state index in [1.165, 1.54) is 6.07 Å². The lowest BCUT2D eigenvalue weighted by Gasteiger charge is -2.39. The standard InChI is InChI=1S/C20H21BrFN5O/c1-12-10-23-17-16(12)18(25-11-24-17)27-7-5-20(2,6-8-27)19(28)26-13-3-4-15(22)14(21)9-13/h3-4,9-11H,5-8H2,1-2H3,(H,26,28)(H,23,24,25). The molecule has 1 aliphatic rings. The second-order valence-electron chi connectivity index (χ2n) is 7.52. The molecule has 28 heavy (non-hydrogen) atoms. The van der Waals surface area contributed by atoms with Crippen molar-refractivity contribution in [1.82, 2.24) is 15.0 Å². The fourth-order valence-corrected chi connectivity index (χ4v) is 4.01. The number of rotatable bonds is 3. The maximum atomic E-state index is 13.4. The molecular weight excluding hydrogens is 425 g/mol. The number of aryl methyl sites for hydroxylation is 1. The van der Waals surface area contributed by atoms with Gasteiger partial charge in [-0.05, 0) is 59.5 Å². The third-order valence-electron chi connectivity index (χ3n) is 5.54. The fourth-order valence-electron chi connectivity index (χ4n) is 3.63. The summed E-state index contributed by atoms with van der Waals surface area (Å²) in [4.78, 5) is 27.0. The Bertz CT molecular complexity index is 1040. The van der Waals surface area contributed by atoms with Gasteiger partial charge < -0.3 is 15.2 Å². The molecule has 3 heterocycles. The molecule has 1 saturated heterocycles. The molecule has 0 saturated carbocycles. The van der Waals surface area contributed by atoms with Crippen molar-refractivity contribution in [2.45, 2.75) is 26.7 Å². The van der Waals surface area contributed by atoms with Crippen LogP contribution in [0, 0.1) is 18.2 Å². The van der Waals surface area contributed by atoms with Crippen LogP contribution >= 0.6 is 15.9 Å². The van der Waals surface area contributed by atoms with Crippen molar-refractivity contribution < 1.29 is 9.18 Å². The highest BCUT2D eigenvalue weighted by Gasteiger charge is 2.37. The minimum atomic E-state index is -0.489. The van der Waals surface area contributed by atoms with Crippen LogP contribution in [0.2, 0.25) is 0 Å². The van der Waals surface area contributed by atoms with Gasteiger partial charge in [-0.2, -0.15) is 0 Å². The van der Waals surface area contributed by atoms with E-state index in [4.69, 9.17) is 0 Å². The number of carbonyl (C=O) groups excluding carboxylic acids is 1. The number of benzene rings is 1. The van der Waals surface area contributed by atoms with Gasteiger partial charge in [0.25, 0.3) is 0 Å². The van der Waals surface area contributed by atoms with E-state index in [9.17, 15) is 9.18 Å². The molecule has 4 rings (SSSR count). The number of hydrogen-bond acceptors (Lipinski definition) is 4. The average Bonchev–Trinajstić information content (AvgIpc) is 3.07. The van der Waals surface area contributed by atoms with Gasteiger partial charge in [0.2, 0.25) is 5.91 Å². The number of H-pyrrole nitrogens is 1. The monoisotopic (exact) mass is 445 g/mol. The zero-order valence-electron chi connectivity index (χ0n) is 15.7. The minimum Gasteiger partial charge on any atom is -0.356 e. The van der Waals surface area contributed by atoms with E-state index in [-0.39, 0.29) is 11.7 Å². The van der Waals surface area contributed by atoms with E-state index >= 15 is 0 Å². The van der Waals surface area contributed by atoms with Gasteiger partial charge in [0, 0.05) is 25.0 Å². The van der Waals surface area contributed by atoms with E-state index in [0.717, 1.165) is 35.5 Å². The predicted molar refractivity (Wildman–Crippen MR) is 111 cm³/mol. The first-order valence-corrected chi connectivity index (χ1v) is 9.97. The Balaban J connectivity index is 1.48. The first kappa shape index (κ1) is 18.9. The zero-order valence-corrected chi connectivity index (χ0v) is 17.3. The molecular formula is C20H21BrFN5O. The maximum absolute atomic E-state index is 13.4. The number of piperidine rings is 1. The predicted octanol–water partition coefficient (Wildman–Crippen LogP) is 4.41. The quantitative estimate of drug-likeness (QED) is 0.625. The van der Waals surface area contributed by atoms with Gasteiger partial charge in [-0.15, -0.1) is 0 Å². The molecule has 0 bridgehead atoms. The average molecular weight is 446 g/mol. The Labute approximate surface area is 170 Å². The van der Waals surface area contributed by atoms with Gasteiger partial charge in [0.15, 0.2) is 0 Å². The topological polar surface area (TPSA) is 73.9 Å². The van der Waals surface area contributed by atoms with Crippen LogP contribution < -0.4 is 10.2 Å². The minimum absolute atomic E-state index is 0.0451. The molecule has 6 nitrogen and oxygen atoms in total. The summed E-state index contributed by atoms with van der Waals surface area (Å²) in [7, 11) is 0. The Hall–Kier alpha value is -2.48. The fraction of sp³-hybridized carbons (Fsp3) is 0.350. The molecule has 8 heteroatoms. The summed E-state index contributed by atoms with van der Waals surface area (Å²) in [5.41, 5.74) is 2.04. The molecule has 1 aromatic carbocycles. The molecule has 0 spiro atoms. The number of hydrogen-bond donors (Lipinski definition) is 2. The number of anilines is 2. The zero-order chi connectivity index (χ0) is 19.9. The van der Waals surface area contributed by atoms with Crippen LogP contribution in [0.3, 0.4) is 0 Å². The summed E-state index contributed by atoms with van der Waals surface area (Å²) < 4.78 is 13.7. The van der Waals surface area contributed by atoms with Crippen molar-refractivity contribution in [2.24, 2.45) is 5.41 Å². The number of aromatic amines is 1. The second kappa shape index (κ2) is 7.16. The first-order valence-electron chi connectivity index (χ1n) is 9.17. The SMILES string of the molecule is Cc1c[nH]c2ncnc(N3CCC(C)(C(=O)Nc4ccc(F)c(Br)c4)CC3)c12. The number of nitrogens with one attached hydrogen (secondary N) is 2. The summed E-state index contributed by atoms with van der Waals surface area (Å²) in [5, 5.41) is 3.96. The first-order chi connectivity index (χ1) is 13.4.